The van der Waals surface area contributed by atoms with Crippen LogP contribution in [0.25, 0.3) is 0 Å². The number of nitrogen functional groups attached to an aromatic ring is 1. The summed E-state index contributed by atoms with van der Waals surface area (Å²) in [6.07, 6.45) is 0. The minimum absolute atomic E-state index is 0. The number of rotatable bonds is 12. The summed E-state index contributed by atoms with van der Waals surface area (Å²) in [5.74, 6) is -3.76. The molecular formula is C22H26N7NaO11S2. The number of anilines is 1. The van der Waals surface area contributed by atoms with Gasteiger partial charge in [0.25, 0.3) is 17.5 Å². The SMILES string of the molecule is CC(=O)NCC1C(NC(=O)/C(=N\OC(C)(C)C(=O)OCc2ccc([N+](=O)[O-])cc2)c2csc(N)n2)C(=O)N1S(=O)(=O)O.[H-].[Na+]. The molecule has 2 aromatic rings. The van der Waals surface area contributed by atoms with Crippen LogP contribution in [0.4, 0.5) is 10.8 Å². The van der Waals surface area contributed by atoms with Gasteiger partial charge in [-0.15, -0.1) is 11.3 Å². The van der Waals surface area contributed by atoms with E-state index in [4.69, 9.17) is 15.3 Å². The van der Waals surface area contributed by atoms with Crippen LogP contribution >= 0.6 is 11.3 Å². The summed E-state index contributed by atoms with van der Waals surface area (Å²) >= 11 is 0.935. The van der Waals surface area contributed by atoms with Crippen LogP contribution in [0.2, 0.25) is 0 Å². The third kappa shape index (κ3) is 8.91. The van der Waals surface area contributed by atoms with E-state index in [1.54, 1.807) is 0 Å². The van der Waals surface area contributed by atoms with Crippen LogP contribution in [-0.2, 0) is 45.7 Å². The largest absolute Gasteiger partial charge is 1.00 e. The zero-order chi connectivity index (χ0) is 31.4. The van der Waals surface area contributed by atoms with Crippen LogP contribution < -0.4 is 45.9 Å². The molecule has 18 nitrogen and oxygen atoms in total. The Balaban J connectivity index is 0.00000484. The van der Waals surface area contributed by atoms with Crippen molar-refractivity contribution in [3.05, 3.63) is 51.0 Å². The molecule has 0 bridgehead atoms. The molecule has 1 aromatic heterocycles. The average molecular weight is 652 g/mol. The Labute approximate surface area is 271 Å². The molecule has 2 atom stereocenters. The molecule has 0 aliphatic carbocycles. The summed E-state index contributed by atoms with van der Waals surface area (Å²) in [5.41, 5.74) is 3.52. The monoisotopic (exact) mass is 651 g/mol. The molecule has 21 heteroatoms. The van der Waals surface area contributed by atoms with E-state index in [0.29, 0.717) is 5.56 Å². The van der Waals surface area contributed by atoms with Gasteiger partial charge in [-0.3, -0.25) is 29.1 Å². The van der Waals surface area contributed by atoms with Crippen molar-refractivity contribution < 1.29 is 77.6 Å². The summed E-state index contributed by atoms with van der Waals surface area (Å²) in [5, 5.41) is 20.5. The Morgan fingerprint density at radius 3 is 2.44 bits per heavy atom. The first-order valence-corrected chi connectivity index (χ1v) is 14.0. The number of thiazole rings is 1. The first kappa shape index (κ1) is 35.5. The summed E-state index contributed by atoms with van der Waals surface area (Å²) in [6, 6.07) is 2.40. The van der Waals surface area contributed by atoms with Crippen LogP contribution in [0.3, 0.4) is 0 Å². The fourth-order valence-electron chi connectivity index (χ4n) is 3.45. The number of nitrogens with zero attached hydrogens (tertiary/aromatic N) is 4. The molecule has 0 radical (unpaired) electrons. The first-order chi connectivity index (χ1) is 19.5. The van der Waals surface area contributed by atoms with Crippen molar-refractivity contribution in [1.29, 1.82) is 0 Å². The van der Waals surface area contributed by atoms with Gasteiger partial charge in [-0.25, -0.2) is 14.1 Å². The summed E-state index contributed by atoms with van der Waals surface area (Å²) in [4.78, 5) is 69.1. The van der Waals surface area contributed by atoms with E-state index < -0.39 is 68.9 Å². The number of hydrogen-bond acceptors (Lipinski definition) is 14. The van der Waals surface area contributed by atoms with Crippen molar-refractivity contribution in [3.8, 4) is 0 Å². The van der Waals surface area contributed by atoms with Crippen molar-refractivity contribution in [2.45, 2.75) is 45.1 Å². The molecule has 0 saturated carbocycles. The molecule has 2 heterocycles. The molecule has 1 aliphatic rings. The molecule has 3 amide bonds. The number of aromatic nitrogens is 1. The number of carbonyl (C=O) groups is 4. The van der Waals surface area contributed by atoms with Crippen LogP contribution in [0, 0.1) is 10.1 Å². The second kappa shape index (κ2) is 14.2. The van der Waals surface area contributed by atoms with Gasteiger partial charge in [0.15, 0.2) is 10.8 Å². The number of benzene rings is 1. The van der Waals surface area contributed by atoms with E-state index in [0.717, 1.165) is 18.3 Å². The van der Waals surface area contributed by atoms with Gasteiger partial charge in [0.05, 0.1) is 11.0 Å². The molecule has 1 fully saturated rings. The Morgan fingerprint density at radius 1 is 1.30 bits per heavy atom. The molecule has 0 spiro atoms. The number of hydrogen-bond donors (Lipinski definition) is 4. The Bertz CT molecular complexity index is 1550. The number of nitro groups is 1. The number of nitro benzene ring substituents is 1. The second-order valence-electron chi connectivity index (χ2n) is 9.18. The topological polar surface area (TPSA) is 263 Å². The number of nitrogens with one attached hydrogen (secondary N) is 2. The van der Waals surface area contributed by atoms with Crippen molar-refractivity contribution in [2.24, 2.45) is 5.16 Å². The quantitative estimate of drug-likeness (QED) is 0.0333. The normalized spacial score (nSPS) is 16.8. The molecule has 1 saturated heterocycles. The average Bonchev–Trinajstić information content (AvgIpc) is 3.32. The van der Waals surface area contributed by atoms with Crippen LogP contribution in [0.15, 0.2) is 34.8 Å². The van der Waals surface area contributed by atoms with Crippen molar-refractivity contribution in [3.63, 3.8) is 0 Å². The summed E-state index contributed by atoms with van der Waals surface area (Å²) in [7, 11) is -5.00. The number of non-ortho nitro benzene ring substituents is 1. The first-order valence-electron chi connectivity index (χ1n) is 11.8. The molecule has 2 unspecified atom stereocenters. The minimum atomic E-state index is -5.00. The minimum Gasteiger partial charge on any atom is -1.00 e. The van der Waals surface area contributed by atoms with Gasteiger partial charge >= 0.3 is 45.8 Å². The molecule has 228 valence electrons. The summed E-state index contributed by atoms with van der Waals surface area (Å²) in [6.45, 7) is 3.02. The number of carbonyl (C=O) groups excluding carboxylic acids is 4. The Hall–Kier alpha value is -3.69. The van der Waals surface area contributed by atoms with Gasteiger partial charge in [-0.2, -0.15) is 8.42 Å². The predicted molar refractivity (Wildman–Crippen MR) is 145 cm³/mol. The maximum atomic E-state index is 13.2. The molecule has 5 N–H and O–H groups in total. The molecule has 1 aromatic carbocycles. The van der Waals surface area contributed by atoms with E-state index in [-0.39, 0.29) is 58.4 Å². The van der Waals surface area contributed by atoms with Gasteiger partial charge in [-0.1, -0.05) is 5.16 Å². The third-order valence-corrected chi connectivity index (χ3v) is 7.24. The van der Waals surface area contributed by atoms with E-state index in [9.17, 15) is 42.3 Å². The zero-order valence-corrected chi connectivity index (χ0v) is 26.8. The number of amides is 3. The molecular weight excluding hydrogens is 625 g/mol. The number of oxime groups is 1. The third-order valence-electron chi connectivity index (χ3n) is 5.62. The predicted octanol–water partition coefficient (Wildman–Crippen LogP) is -3.37. The number of β-lactam (4-membered cyclic amide) rings is 1. The second-order valence-corrected chi connectivity index (χ2v) is 11.4. The molecule has 3 rings (SSSR count). The Morgan fingerprint density at radius 2 is 1.93 bits per heavy atom. The maximum absolute atomic E-state index is 13.2. The van der Waals surface area contributed by atoms with Crippen LogP contribution in [0.5, 0.6) is 0 Å². The van der Waals surface area contributed by atoms with Gasteiger partial charge in [0.1, 0.15) is 18.3 Å². The Kier molecular flexibility index (Phi) is 11.7. The fourth-order valence-corrected chi connectivity index (χ4v) is 4.88. The maximum Gasteiger partial charge on any atom is 1.00 e. The van der Waals surface area contributed by atoms with Crippen molar-refractivity contribution >= 4 is 61.9 Å². The molecule has 43 heavy (non-hydrogen) atoms. The number of nitrogens with two attached hydrogens (primary N) is 1. The number of ether oxygens (including phenoxy) is 1. The van der Waals surface area contributed by atoms with Crippen LogP contribution in [-0.4, -0.2) is 80.8 Å². The van der Waals surface area contributed by atoms with Gasteiger partial charge in [-0.05, 0) is 31.5 Å². The smallest absolute Gasteiger partial charge is 1.00 e. The standard InChI is InChI=1S/C22H25N7O11S2.Na.H/c1-11(30)24-8-15-17(19(32)28(15)42(36,37)38)26-18(31)16(14-10-41-21(23)25-14)27-40-22(2,3)20(33)39-9-12-4-6-13(7-5-12)29(34)35;;/h4-7,10,15,17H,8-9H2,1-3H3,(H2,23,25)(H,24,30)(H,26,31)(H,36,37,38);;/q;+1;-1/b27-16-;;. The van der Waals surface area contributed by atoms with Crippen molar-refractivity contribution in [1.82, 2.24) is 19.9 Å². The van der Waals surface area contributed by atoms with E-state index in [2.05, 4.69) is 20.8 Å². The van der Waals surface area contributed by atoms with E-state index in [1.807, 2.05) is 0 Å². The van der Waals surface area contributed by atoms with Gasteiger partial charge in [0.2, 0.25) is 11.5 Å². The van der Waals surface area contributed by atoms with Gasteiger partial charge < -0.3 is 27.4 Å². The zero-order valence-electron chi connectivity index (χ0n) is 24.2. The van der Waals surface area contributed by atoms with E-state index in [1.165, 1.54) is 43.5 Å². The fraction of sp³-hybridized carbons (Fsp3) is 0.364. The number of esters is 1. The van der Waals surface area contributed by atoms with E-state index >= 15 is 0 Å². The van der Waals surface area contributed by atoms with Gasteiger partial charge in [0, 0.05) is 31.0 Å². The molecule has 1 aliphatic heterocycles. The van der Waals surface area contributed by atoms with Crippen LogP contribution in [0.1, 0.15) is 33.5 Å². The van der Waals surface area contributed by atoms with Crippen molar-refractivity contribution in [2.75, 3.05) is 12.3 Å². The summed E-state index contributed by atoms with van der Waals surface area (Å²) < 4.78 is 37.9.